The fourth-order valence-corrected chi connectivity index (χ4v) is 2.90. The molecule has 0 amide bonds. The molecule has 2 aromatic rings. The zero-order chi connectivity index (χ0) is 13.4. The maximum Gasteiger partial charge on any atom is 0.128 e. The van der Waals surface area contributed by atoms with Gasteiger partial charge in [-0.1, -0.05) is 0 Å². The van der Waals surface area contributed by atoms with Crippen LogP contribution in [0.2, 0.25) is 0 Å². The Bertz CT molecular complexity index is 605. The molecule has 0 atom stereocenters. The molecule has 19 heavy (non-hydrogen) atoms. The van der Waals surface area contributed by atoms with Crippen molar-refractivity contribution in [3.05, 3.63) is 29.3 Å². The summed E-state index contributed by atoms with van der Waals surface area (Å²) in [6.07, 6.45) is 1.90. The van der Waals surface area contributed by atoms with Crippen LogP contribution in [0.25, 0.3) is 11.0 Å². The lowest BCUT2D eigenvalue weighted by Gasteiger charge is -2.25. The van der Waals surface area contributed by atoms with Gasteiger partial charge in [-0.3, -0.25) is 0 Å². The number of rotatable bonds is 2. The SMILES string of the molecule is Cc1cc2c(cc1F)nc(CCl)n2C1CCOCC1. The van der Waals surface area contributed by atoms with Crippen molar-refractivity contribution >= 4 is 22.6 Å². The van der Waals surface area contributed by atoms with E-state index in [0.717, 1.165) is 37.4 Å². The first-order valence-corrected chi connectivity index (χ1v) is 7.05. The fraction of sp³-hybridized carbons (Fsp3) is 0.500. The zero-order valence-electron chi connectivity index (χ0n) is 10.8. The number of imidazole rings is 1. The Morgan fingerprint density at radius 2 is 2.16 bits per heavy atom. The van der Waals surface area contributed by atoms with Gasteiger partial charge in [0.05, 0.1) is 16.9 Å². The summed E-state index contributed by atoms with van der Waals surface area (Å²) in [5, 5.41) is 0. The fourth-order valence-electron chi connectivity index (χ4n) is 2.72. The van der Waals surface area contributed by atoms with Crippen molar-refractivity contribution in [1.29, 1.82) is 0 Å². The maximum absolute atomic E-state index is 13.6. The molecule has 0 saturated carbocycles. The first kappa shape index (κ1) is 12.9. The topological polar surface area (TPSA) is 27.1 Å². The van der Waals surface area contributed by atoms with Crippen LogP contribution in [0.3, 0.4) is 0 Å². The third kappa shape index (κ3) is 2.23. The van der Waals surface area contributed by atoms with Crippen LogP contribution in [0, 0.1) is 12.7 Å². The number of nitrogens with zero attached hydrogens (tertiary/aromatic N) is 2. The lowest BCUT2D eigenvalue weighted by molar-refractivity contribution is 0.0700. The molecule has 1 aromatic heterocycles. The average molecular weight is 283 g/mol. The van der Waals surface area contributed by atoms with Crippen LogP contribution in [-0.4, -0.2) is 22.8 Å². The van der Waals surface area contributed by atoms with E-state index in [-0.39, 0.29) is 5.82 Å². The van der Waals surface area contributed by atoms with E-state index in [0.29, 0.717) is 23.0 Å². The molecule has 0 bridgehead atoms. The van der Waals surface area contributed by atoms with Gasteiger partial charge in [0.2, 0.25) is 0 Å². The molecular weight excluding hydrogens is 267 g/mol. The van der Waals surface area contributed by atoms with Crippen molar-refractivity contribution < 1.29 is 9.13 Å². The Morgan fingerprint density at radius 3 is 2.84 bits per heavy atom. The Labute approximate surface area is 116 Å². The van der Waals surface area contributed by atoms with Gasteiger partial charge >= 0.3 is 0 Å². The average Bonchev–Trinajstić information content (AvgIpc) is 2.78. The van der Waals surface area contributed by atoms with E-state index in [9.17, 15) is 4.39 Å². The molecule has 5 heteroatoms. The molecule has 0 N–H and O–H groups in total. The molecule has 1 saturated heterocycles. The minimum absolute atomic E-state index is 0.217. The van der Waals surface area contributed by atoms with E-state index >= 15 is 0 Å². The van der Waals surface area contributed by atoms with Crippen molar-refractivity contribution in [3.8, 4) is 0 Å². The molecular formula is C14H16ClFN2O. The number of aryl methyl sites for hydroxylation is 1. The Balaban J connectivity index is 2.16. The van der Waals surface area contributed by atoms with Gasteiger partial charge in [-0.15, -0.1) is 11.6 Å². The Morgan fingerprint density at radius 1 is 1.42 bits per heavy atom. The summed E-state index contributed by atoms with van der Waals surface area (Å²) in [5.74, 6) is 0.936. The van der Waals surface area contributed by atoms with Crippen LogP contribution in [0.5, 0.6) is 0 Å². The molecule has 0 aliphatic carbocycles. The summed E-state index contributed by atoms with van der Waals surface area (Å²) in [6, 6.07) is 3.71. The van der Waals surface area contributed by atoms with Gasteiger partial charge in [-0.05, 0) is 31.4 Å². The van der Waals surface area contributed by atoms with Crippen molar-refractivity contribution in [2.24, 2.45) is 0 Å². The largest absolute Gasteiger partial charge is 0.381 e. The van der Waals surface area contributed by atoms with Crippen LogP contribution in [0.15, 0.2) is 12.1 Å². The molecule has 102 valence electrons. The first-order valence-electron chi connectivity index (χ1n) is 6.51. The normalized spacial score (nSPS) is 17.2. The van der Waals surface area contributed by atoms with Crippen LogP contribution in [0.4, 0.5) is 4.39 Å². The second-order valence-electron chi connectivity index (χ2n) is 4.97. The predicted molar refractivity (Wildman–Crippen MR) is 73.1 cm³/mol. The lowest BCUT2D eigenvalue weighted by Crippen LogP contribution is -2.21. The van der Waals surface area contributed by atoms with Gasteiger partial charge in [-0.25, -0.2) is 9.37 Å². The monoisotopic (exact) mass is 282 g/mol. The van der Waals surface area contributed by atoms with Crippen molar-refractivity contribution in [2.75, 3.05) is 13.2 Å². The van der Waals surface area contributed by atoms with E-state index in [1.54, 1.807) is 6.92 Å². The molecule has 1 aromatic carbocycles. The molecule has 1 aliphatic heterocycles. The highest BCUT2D eigenvalue weighted by atomic mass is 35.5. The molecule has 0 unspecified atom stereocenters. The van der Waals surface area contributed by atoms with Crippen LogP contribution in [0.1, 0.15) is 30.3 Å². The predicted octanol–water partition coefficient (Wildman–Crippen LogP) is 3.57. The van der Waals surface area contributed by atoms with Crippen molar-refractivity contribution in [1.82, 2.24) is 9.55 Å². The molecule has 1 aliphatic rings. The van der Waals surface area contributed by atoms with Gasteiger partial charge in [0.15, 0.2) is 0 Å². The van der Waals surface area contributed by atoms with E-state index in [2.05, 4.69) is 9.55 Å². The molecule has 3 rings (SSSR count). The highest BCUT2D eigenvalue weighted by Crippen LogP contribution is 2.29. The van der Waals surface area contributed by atoms with Gasteiger partial charge in [0, 0.05) is 25.3 Å². The quantitative estimate of drug-likeness (QED) is 0.787. The summed E-state index contributed by atoms with van der Waals surface area (Å²) in [6.45, 7) is 3.29. The minimum atomic E-state index is -0.217. The number of aromatic nitrogens is 2. The number of ether oxygens (including phenoxy) is 1. The minimum Gasteiger partial charge on any atom is -0.381 e. The summed E-state index contributed by atoms with van der Waals surface area (Å²) < 4.78 is 21.2. The second kappa shape index (κ2) is 5.10. The van der Waals surface area contributed by atoms with Crippen molar-refractivity contribution in [3.63, 3.8) is 0 Å². The van der Waals surface area contributed by atoms with Crippen LogP contribution >= 0.6 is 11.6 Å². The van der Waals surface area contributed by atoms with Crippen molar-refractivity contribution in [2.45, 2.75) is 31.7 Å². The Kier molecular flexibility index (Phi) is 3.46. The summed E-state index contributed by atoms with van der Waals surface area (Å²) in [5.41, 5.74) is 2.30. The lowest BCUT2D eigenvalue weighted by atomic mass is 10.1. The van der Waals surface area contributed by atoms with Crippen LogP contribution in [-0.2, 0) is 10.6 Å². The zero-order valence-corrected chi connectivity index (χ0v) is 11.6. The third-order valence-electron chi connectivity index (χ3n) is 3.72. The first-order chi connectivity index (χ1) is 9.20. The van der Waals surface area contributed by atoms with Gasteiger partial charge in [0.25, 0.3) is 0 Å². The number of hydrogen-bond acceptors (Lipinski definition) is 2. The maximum atomic E-state index is 13.6. The second-order valence-corrected chi connectivity index (χ2v) is 5.23. The smallest absolute Gasteiger partial charge is 0.128 e. The van der Waals surface area contributed by atoms with Crippen LogP contribution < -0.4 is 0 Å². The van der Waals surface area contributed by atoms with Gasteiger partial charge in [-0.2, -0.15) is 0 Å². The number of halogens is 2. The highest BCUT2D eigenvalue weighted by molar-refractivity contribution is 6.16. The standard InChI is InChI=1S/C14H16ClFN2O/c1-9-6-13-12(7-11(9)16)17-14(8-15)18(13)10-2-4-19-5-3-10/h6-7,10H,2-5,8H2,1H3. The summed E-state index contributed by atoms with van der Waals surface area (Å²) in [7, 11) is 0. The Hall–Kier alpha value is -1.13. The highest BCUT2D eigenvalue weighted by Gasteiger charge is 2.22. The number of alkyl halides is 1. The number of hydrogen-bond donors (Lipinski definition) is 0. The molecule has 0 spiro atoms. The van der Waals surface area contributed by atoms with E-state index in [1.807, 2.05) is 6.07 Å². The third-order valence-corrected chi connectivity index (χ3v) is 3.96. The molecule has 3 nitrogen and oxygen atoms in total. The van der Waals surface area contributed by atoms with E-state index in [4.69, 9.17) is 16.3 Å². The number of benzene rings is 1. The summed E-state index contributed by atoms with van der Waals surface area (Å²) in [4.78, 5) is 4.46. The van der Waals surface area contributed by atoms with E-state index in [1.165, 1.54) is 6.07 Å². The molecule has 2 heterocycles. The number of fused-ring (bicyclic) bond motifs is 1. The van der Waals surface area contributed by atoms with Gasteiger partial charge < -0.3 is 9.30 Å². The molecule has 0 radical (unpaired) electrons. The van der Waals surface area contributed by atoms with Gasteiger partial charge in [0.1, 0.15) is 11.6 Å². The van der Waals surface area contributed by atoms with E-state index < -0.39 is 0 Å². The molecule has 1 fully saturated rings. The summed E-state index contributed by atoms with van der Waals surface area (Å²) >= 11 is 5.99.